The second-order valence-electron chi connectivity index (χ2n) is 4.78. The Morgan fingerprint density at radius 2 is 1.94 bits per heavy atom. The van der Waals surface area contributed by atoms with Crippen molar-refractivity contribution in [1.82, 2.24) is 0 Å². The lowest BCUT2D eigenvalue weighted by Crippen LogP contribution is -2.30. The van der Waals surface area contributed by atoms with E-state index in [-0.39, 0.29) is 11.2 Å². The Labute approximate surface area is 95.8 Å². The van der Waals surface area contributed by atoms with Crippen LogP contribution in [0.1, 0.15) is 20.8 Å². The highest BCUT2D eigenvalue weighted by atomic mass is 16.1. The van der Waals surface area contributed by atoms with Gasteiger partial charge in [0.25, 0.3) is 0 Å². The minimum Gasteiger partial charge on any atom is -0.293 e. The van der Waals surface area contributed by atoms with Gasteiger partial charge < -0.3 is 0 Å². The molecular weight excluding hydrogens is 200 g/mol. The molecule has 0 radical (unpaired) electrons. The third-order valence-electron chi connectivity index (χ3n) is 2.79. The van der Waals surface area contributed by atoms with E-state index in [1.807, 2.05) is 35.3 Å². The average molecular weight is 216 g/mol. The summed E-state index contributed by atoms with van der Waals surface area (Å²) in [7, 11) is 0. The van der Waals surface area contributed by atoms with E-state index < -0.39 is 0 Å². The Bertz CT molecular complexity index is 435. The summed E-state index contributed by atoms with van der Waals surface area (Å²) in [6.45, 7) is 6.44. The minimum absolute atomic E-state index is 0.0587. The number of para-hydroxylation sites is 1. The fourth-order valence-electron chi connectivity index (χ4n) is 2.04. The van der Waals surface area contributed by atoms with Crippen LogP contribution in [-0.2, 0) is 4.79 Å². The highest BCUT2D eigenvalue weighted by Gasteiger charge is 2.36. The number of nitrogens with zero attached hydrogens (tertiary/aromatic N) is 2. The SMILES string of the molecule is CC(=O)C1=NN(c2ccccc2)CC1(C)C. The Hall–Kier alpha value is -1.64. The molecule has 0 saturated carbocycles. The Kier molecular flexibility index (Phi) is 2.54. The summed E-state index contributed by atoms with van der Waals surface area (Å²) in [6, 6.07) is 9.93. The third kappa shape index (κ3) is 1.85. The standard InChI is InChI=1S/C13H16N2O/c1-10(16)12-13(2,3)9-15(14-12)11-7-5-4-6-8-11/h4-8H,9H2,1-3H3. The summed E-state index contributed by atoms with van der Waals surface area (Å²) >= 11 is 0. The maximum atomic E-state index is 11.5. The first-order chi connectivity index (χ1) is 7.50. The van der Waals surface area contributed by atoms with E-state index in [2.05, 4.69) is 18.9 Å². The summed E-state index contributed by atoms with van der Waals surface area (Å²) in [5, 5.41) is 6.31. The lowest BCUT2D eigenvalue weighted by atomic mass is 9.86. The molecule has 84 valence electrons. The van der Waals surface area contributed by atoms with E-state index in [0.29, 0.717) is 5.71 Å². The summed E-state index contributed by atoms with van der Waals surface area (Å²) in [4.78, 5) is 11.5. The number of benzene rings is 1. The highest BCUT2D eigenvalue weighted by molar-refractivity contribution is 6.41. The van der Waals surface area contributed by atoms with Crippen LogP contribution in [0, 0.1) is 5.41 Å². The summed E-state index contributed by atoms with van der Waals surface area (Å²) < 4.78 is 0. The zero-order chi connectivity index (χ0) is 11.8. The second kappa shape index (κ2) is 3.74. The fraction of sp³-hybridized carbons (Fsp3) is 0.385. The molecule has 0 aromatic heterocycles. The van der Waals surface area contributed by atoms with Crippen LogP contribution < -0.4 is 5.01 Å². The molecule has 0 atom stereocenters. The van der Waals surface area contributed by atoms with E-state index in [1.54, 1.807) is 6.92 Å². The molecule has 16 heavy (non-hydrogen) atoms. The normalized spacial score (nSPS) is 18.4. The molecule has 0 fully saturated rings. The molecular formula is C13H16N2O. The van der Waals surface area contributed by atoms with Crippen molar-refractivity contribution in [2.75, 3.05) is 11.6 Å². The van der Waals surface area contributed by atoms with Gasteiger partial charge in [-0.15, -0.1) is 0 Å². The number of rotatable bonds is 2. The van der Waals surface area contributed by atoms with Gasteiger partial charge in [0.15, 0.2) is 5.78 Å². The zero-order valence-electron chi connectivity index (χ0n) is 9.90. The molecule has 1 aromatic carbocycles. The highest BCUT2D eigenvalue weighted by Crippen LogP contribution is 2.30. The maximum Gasteiger partial charge on any atom is 0.176 e. The molecule has 0 amide bonds. The van der Waals surface area contributed by atoms with Gasteiger partial charge in [-0.2, -0.15) is 5.10 Å². The summed E-state index contributed by atoms with van der Waals surface area (Å²) in [5.74, 6) is 0.0587. The molecule has 3 nitrogen and oxygen atoms in total. The number of ketones is 1. The molecule has 1 aromatic rings. The van der Waals surface area contributed by atoms with Crippen molar-refractivity contribution in [1.29, 1.82) is 0 Å². The number of anilines is 1. The monoisotopic (exact) mass is 216 g/mol. The molecule has 0 saturated heterocycles. The number of Topliss-reactive ketones (excluding diaryl/α,β-unsaturated/α-hetero) is 1. The van der Waals surface area contributed by atoms with Gasteiger partial charge in [0.05, 0.1) is 12.2 Å². The van der Waals surface area contributed by atoms with E-state index in [9.17, 15) is 4.79 Å². The van der Waals surface area contributed by atoms with Gasteiger partial charge >= 0.3 is 0 Å². The molecule has 0 spiro atoms. The van der Waals surface area contributed by atoms with Gasteiger partial charge in [0, 0.05) is 12.3 Å². The molecule has 2 rings (SSSR count). The summed E-state index contributed by atoms with van der Waals surface area (Å²) in [6.07, 6.45) is 0. The summed E-state index contributed by atoms with van der Waals surface area (Å²) in [5.41, 5.74) is 1.53. The van der Waals surface area contributed by atoms with Gasteiger partial charge in [0.1, 0.15) is 5.71 Å². The zero-order valence-corrected chi connectivity index (χ0v) is 9.90. The second-order valence-corrected chi connectivity index (χ2v) is 4.78. The van der Waals surface area contributed by atoms with Gasteiger partial charge in [0.2, 0.25) is 0 Å². The Morgan fingerprint density at radius 3 is 2.44 bits per heavy atom. The van der Waals surface area contributed by atoms with Gasteiger partial charge in [-0.3, -0.25) is 9.80 Å². The first kappa shape index (κ1) is 10.9. The van der Waals surface area contributed by atoms with Crippen LogP contribution in [0.3, 0.4) is 0 Å². The van der Waals surface area contributed by atoms with Crippen molar-refractivity contribution >= 4 is 17.2 Å². The smallest absolute Gasteiger partial charge is 0.176 e. The minimum atomic E-state index is -0.165. The van der Waals surface area contributed by atoms with Crippen molar-refractivity contribution in [2.45, 2.75) is 20.8 Å². The van der Waals surface area contributed by atoms with Crippen LogP contribution in [0.4, 0.5) is 5.69 Å². The fourth-order valence-corrected chi connectivity index (χ4v) is 2.04. The maximum absolute atomic E-state index is 11.5. The lowest BCUT2D eigenvalue weighted by Gasteiger charge is -2.20. The van der Waals surface area contributed by atoms with Crippen LogP contribution in [0.25, 0.3) is 0 Å². The van der Waals surface area contributed by atoms with Crippen LogP contribution in [0.5, 0.6) is 0 Å². The van der Waals surface area contributed by atoms with E-state index >= 15 is 0 Å². The molecule has 1 heterocycles. The molecule has 1 aliphatic heterocycles. The number of carbonyl (C=O) groups is 1. The number of hydrogen-bond acceptors (Lipinski definition) is 3. The number of carbonyl (C=O) groups excluding carboxylic acids is 1. The first-order valence-corrected chi connectivity index (χ1v) is 5.43. The Balaban J connectivity index is 2.33. The van der Waals surface area contributed by atoms with Crippen LogP contribution in [0.15, 0.2) is 35.4 Å². The Morgan fingerprint density at radius 1 is 1.31 bits per heavy atom. The quantitative estimate of drug-likeness (QED) is 0.760. The van der Waals surface area contributed by atoms with Crippen LogP contribution in [0.2, 0.25) is 0 Å². The molecule has 0 N–H and O–H groups in total. The van der Waals surface area contributed by atoms with Crippen LogP contribution >= 0.6 is 0 Å². The molecule has 0 aliphatic carbocycles. The van der Waals surface area contributed by atoms with Crippen molar-refractivity contribution < 1.29 is 4.79 Å². The molecule has 3 heteroatoms. The van der Waals surface area contributed by atoms with Crippen molar-refractivity contribution in [3.63, 3.8) is 0 Å². The predicted molar refractivity (Wildman–Crippen MR) is 65.7 cm³/mol. The molecule has 0 bridgehead atoms. The van der Waals surface area contributed by atoms with Gasteiger partial charge in [-0.1, -0.05) is 32.0 Å². The topological polar surface area (TPSA) is 32.7 Å². The average Bonchev–Trinajstić information content (AvgIpc) is 2.56. The lowest BCUT2D eigenvalue weighted by molar-refractivity contribution is -0.111. The predicted octanol–water partition coefficient (Wildman–Crippen LogP) is 2.48. The third-order valence-corrected chi connectivity index (χ3v) is 2.79. The van der Waals surface area contributed by atoms with Crippen molar-refractivity contribution in [3.05, 3.63) is 30.3 Å². The van der Waals surface area contributed by atoms with Gasteiger partial charge in [-0.25, -0.2) is 0 Å². The van der Waals surface area contributed by atoms with Crippen LogP contribution in [-0.4, -0.2) is 18.0 Å². The molecule has 0 unspecified atom stereocenters. The van der Waals surface area contributed by atoms with Crippen molar-refractivity contribution in [3.8, 4) is 0 Å². The molecule has 1 aliphatic rings. The number of hydrogen-bond donors (Lipinski definition) is 0. The van der Waals surface area contributed by atoms with E-state index in [1.165, 1.54) is 0 Å². The van der Waals surface area contributed by atoms with E-state index in [0.717, 1.165) is 12.2 Å². The van der Waals surface area contributed by atoms with E-state index in [4.69, 9.17) is 0 Å². The van der Waals surface area contributed by atoms with Crippen molar-refractivity contribution in [2.24, 2.45) is 10.5 Å². The number of hydrazone groups is 1. The largest absolute Gasteiger partial charge is 0.293 e. The van der Waals surface area contributed by atoms with Gasteiger partial charge in [-0.05, 0) is 12.1 Å². The first-order valence-electron chi connectivity index (χ1n) is 5.43.